The van der Waals surface area contributed by atoms with Gasteiger partial charge in [0.15, 0.2) is 0 Å². The molecule has 1 aromatic rings. The number of carbonyl (C=O) groups excluding carboxylic acids is 1. The first kappa shape index (κ1) is 17.2. The standard InChI is InChI=1S/C15H18Br2O3/c1-5-9(3)12-7-11(16)8-13(17)14(12)20-10(4)15(18)19-6-2/h7-9H,4-6H2,1-3H3. The highest BCUT2D eigenvalue weighted by molar-refractivity contribution is 9.11. The summed E-state index contributed by atoms with van der Waals surface area (Å²) in [5, 5.41) is 0. The summed E-state index contributed by atoms with van der Waals surface area (Å²) in [5.41, 5.74) is 1.01. The third-order valence-corrected chi connectivity index (χ3v) is 3.96. The topological polar surface area (TPSA) is 35.5 Å². The molecule has 20 heavy (non-hydrogen) atoms. The predicted molar refractivity (Wildman–Crippen MR) is 86.9 cm³/mol. The Balaban J connectivity index is 3.10. The van der Waals surface area contributed by atoms with Crippen molar-refractivity contribution in [2.45, 2.75) is 33.1 Å². The van der Waals surface area contributed by atoms with Gasteiger partial charge in [-0.3, -0.25) is 0 Å². The van der Waals surface area contributed by atoms with Crippen molar-refractivity contribution in [2.75, 3.05) is 6.61 Å². The molecule has 110 valence electrons. The van der Waals surface area contributed by atoms with Gasteiger partial charge in [-0.2, -0.15) is 0 Å². The van der Waals surface area contributed by atoms with Crippen molar-refractivity contribution in [1.29, 1.82) is 0 Å². The lowest BCUT2D eigenvalue weighted by molar-refractivity contribution is -0.140. The molecular formula is C15H18Br2O3. The summed E-state index contributed by atoms with van der Waals surface area (Å²) >= 11 is 6.93. The molecule has 3 nitrogen and oxygen atoms in total. The first-order chi connectivity index (χ1) is 9.40. The molecule has 0 N–H and O–H groups in total. The van der Waals surface area contributed by atoms with Gasteiger partial charge in [0.2, 0.25) is 5.76 Å². The highest BCUT2D eigenvalue weighted by Gasteiger charge is 2.19. The van der Waals surface area contributed by atoms with E-state index in [1.54, 1.807) is 6.92 Å². The Hall–Kier alpha value is -0.810. The molecule has 1 unspecified atom stereocenters. The molecule has 1 rings (SSSR count). The quantitative estimate of drug-likeness (QED) is 0.371. The third-order valence-electron chi connectivity index (χ3n) is 2.91. The van der Waals surface area contributed by atoms with Crippen LogP contribution in [0.25, 0.3) is 0 Å². The monoisotopic (exact) mass is 404 g/mol. The van der Waals surface area contributed by atoms with Crippen LogP contribution in [0, 0.1) is 0 Å². The van der Waals surface area contributed by atoms with E-state index >= 15 is 0 Å². The number of hydrogen-bond acceptors (Lipinski definition) is 3. The number of hydrogen-bond donors (Lipinski definition) is 0. The Morgan fingerprint density at radius 2 is 2.00 bits per heavy atom. The van der Waals surface area contributed by atoms with Crippen LogP contribution in [0.4, 0.5) is 0 Å². The largest absolute Gasteiger partial charge is 0.460 e. The molecule has 1 atom stereocenters. The number of halogens is 2. The summed E-state index contributed by atoms with van der Waals surface area (Å²) in [5.74, 6) is 0.353. The summed E-state index contributed by atoms with van der Waals surface area (Å²) in [7, 11) is 0. The van der Waals surface area contributed by atoms with Crippen LogP contribution in [-0.4, -0.2) is 12.6 Å². The maximum atomic E-state index is 11.6. The molecule has 0 spiro atoms. The van der Waals surface area contributed by atoms with Gasteiger partial charge in [-0.25, -0.2) is 4.79 Å². The van der Waals surface area contributed by atoms with Crippen LogP contribution in [0.5, 0.6) is 5.75 Å². The minimum absolute atomic E-state index is 0.0144. The van der Waals surface area contributed by atoms with Crippen molar-refractivity contribution in [3.63, 3.8) is 0 Å². The van der Waals surface area contributed by atoms with E-state index in [-0.39, 0.29) is 5.76 Å². The number of esters is 1. The van der Waals surface area contributed by atoms with E-state index in [4.69, 9.17) is 9.47 Å². The second-order valence-electron chi connectivity index (χ2n) is 4.36. The zero-order valence-corrected chi connectivity index (χ0v) is 15.0. The van der Waals surface area contributed by atoms with Gasteiger partial charge in [-0.1, -0.05) is 29.8 Å². The Morgan fingerprint density at radius 1 is 1.35 bits per heavy atom. The number of ether oxygens (including phenoxy) is 2. The normalized spacial score (nSPS) is 11.8. The van der Waals surface area contributed by atoms with E-state index in [9.17, 15) is 4.79 Å². The maximum absolute atomic E-state index is 11.6. The van der Waals surface area contributed by atoms with E-state index in [0.29, 0.717) is 18.3 Å². The van der Waals surface area contributed by atoms with Crippen molar-refractivity contribution < 1.29 is 14.3 Å². The van der Waals surface area contributed by atoms with Gasteiger partial charge in [-0.05, 0) is 59.5 Å². The van der Waals surface area contributed by atoms with Crippen molar-refractivity contribution in [2.24, 2.45) is 0 Å². The zero-order valence-electron chi connectivity index (χ0n) is 11.8. The summed E-state index contributed by atoms with van der Waals surface area (Å²) in [4.78, 5) is 11.6. The van der Waals surface area contributed by atoms with Crippen LogP contribution in [0.15, 0.2) is 33.4 Å². The number of rotatable bonds is 6. The lowest BCUT2D eigenvalue weighted by Crippen LogP contribution is -2.13. The van der Waals surface area contributed by atoms with Crippen molar-refractivity contribution >= 4 is 37.8 Å². The lowest BCUT2D eigenvalue weighted by Gasteiger charge is -2.18. The molecule has 0 saturated carbocycles. The Labute approximate surface area is 136 Å². The number of carbonyl (C=O) groups is 1. The van der Waals surface area contributed by atoms with E-state index in [1.807, 2.05) is 12.1 Å². The smallest absolute Gasteiger partial charge is 0.373 e. The second kappa shape index (κ2) is 7.84. The average Bonchev–Trinajstić information content (AvgIpc) is 2.40. The van der Waals surface area contributed by atoms with Crippen LogP contribution in [0.1, 0.15) is 38.7 Å². The molecule has 5 heteroatoms. The van der Waals surface area contributed by atoms with E-state index in [1.165, 1.54) is 0 Å². The highest BCUT2D eigenvalue weighted by Crippen LogP contribution is 2.38. The van der Waals surface area contributed by atoms with Crippen LogP contribution in [-0.2, 0) is 9.53 Å². The molecule has 0 aromatic heterocycles. The van der Waals surface area contributed by atoms with E-state index in [2.05, 4.69) is 52.3 Å². The first-order valence-corrected chi connectivity index (χ1v) is 8.02. The third kappa shape index (κ3) is 4.35. The molecule has 0 heterocycles. The van der Waals surface area contributed by atoms with Gasteiger partial charge in [0, 0.05) is 4.47 Å². The minimum Gasteiger partial charge on any atom is -0.460 e. The zero-order chi connectivity index (χ0) is 15.3. The summed E-state index contributed by atoms with van der Waals surface area (Å²) in [6.07, 6.45) is 0.963. The molecule has 0 fully saturated rings. The minimum atomic E-state index is -0.544. The summed E-state index contributed by atoms with van der Waals surface area (Å²) < 4.78 is 12.2. The molecular weight excluding hydrogens is 388 g/mol. The van der Waals surface area contributed by atoms with Gasteiger partial charge >= 0.3 is 5.97 Å². The lowest BCUT2D eigenvalue weighted by atomic mass is 9.98. The SMILES string of the molecule is C=C(Oc1c(Br)cc(Br)cc1C(C)CC)C(=O)OCC. The van der Waals surface area contributed by atoms with Crippen molar-refractivity contribution in [3.05, 3.63) is 39.0 Å². The van der Waals surface area contributed by atoms with Gasteiger partial charge in [0.1, 0.15) is 5.75 Å². The molecule has 0 aliphatic heterocycles. The molecule has 0 amide bonds. The van der Waals surface area contributed by atoms with E-state index < -0.39 is 5.97 Å². The van der Waals surface area contributed by atoms with Crippen molar-refractivity contribution in [1.82, 2.24) is 0 Å². The molecule has 1 aromatic carbocycles. The molecule has 0 radical (unpaired) electrons. The van der Waals surface area contributed by atoms with Gasteiger partial charge in [-0.15, -0.1) is 0 Å². The first-order valence-electron chi connectivity index (χ1n) is 6.43. The molecule has 0 aliphatic rings. The van der Waals surface area contributed by atoms with Crippen LogP contribution < -0.4 is 4.74 Å². The predicted octanol–water partition coefficient (Wildman–Crippen LogP) is 5.18. The molecule has 0 saturated heterocycles. The summed E-state index contributed by atoms with van der Waals surface area (Å²) in [6, 6.07) is 3.87. The number of benzene rings is 1. The van der Waals surface area contributed by atoms with Gasteiger partial charge < -0.3 is 9.47 Å². The molecule has 0 bridgehead atoms. The average molecular weight is 406 g/mol. The van der Waals surface area contributed by atoms with Crippen molar-refractivity contribution in [3.8, 4) is 5.75 Å². The fourth-order valence-electron chi connectivity index (χ4n) is 1.65. The van der Waals surface area contributed by atoms with Crippen LogP contribution >= 0.6 is 31.9 Å². The Morgan fingerprint density at radius 3 is 2.55 bits per heavy atom. The second-order valence-corrected chi connectivity index (χ2v) is 6.13. The Kier molecular flexibility index (Phi) is 6.76. The van der Waals surface area contributed by atoms with Gasteiger partial charge in [0.25, 0.3) is 0 Å². The molecule has 0 aliphatic carbocycles. The fourth-order valence-corrected chi connectivity index (χ4v) is 2.99. The van der Waals surface area contributed by atoms with Gasteiger partial charge in [0.05, 0.1) is 11.1 Å². The van der Waals surface area contributed by atoms with E-state index in [0.717, 1.165) is 20.9 Å². The highest BCUT2D eigenvalue weighted by atomic mass is 79.9. The maximum Gasteiger partial charge on any atom is 0.373 e. The Bertz CT molecular complexity index is 512. The van der Waals surface area contributed by atoms with Crippen LogP contribution in [0.2, 0.25) is 0 Å². The fraction of sp³-hybridized carbons (Fsp3) is 0.400. The van der Waals surface area contributed by atoms with Crippen LogP contribution in [0.3, 0.4) is 0 Å². The summed E-state index contributed by atoms with van der Waals surface area (Å²) in [6.45, 7) is 9.87.